The summed E-state index contributed by atoms with van der Waals surface area (Å²) in [6.07, 6.45) is 1.90. The third kappa shape index (κ3) is 5.12. The zero-order valence-corrected chi connectivity index (χ0v) is 12.9. The van der Waals surface area contributed by atoms with Gasteiger partial charge in [-0.25, -0.2) is 0 Å². The molecule has 1 aromatic heterocycles. The van der Waals surface area contributed by atoms with Crippen LogP contribution in [0, 0.1) is 0 Å². The minimum absolute atomic E-state index is 0.680. The molecule has 0 radical (unpaired) electrons. The molecule has 19 heavy (non-hydrogen) atoms. The van der Waals surface area contributed by atoms with Crippen molar-refractivity contribution in [3.05, 3.63) is 23.0 Å². The van der Waals surface area contributed by atoms with Gasteiger partial charge in [0.2, 0.25) is 0 Å². The van der Waals surface area contributed by atoms with E-state index in [9.17, 15) is 0 Å². The number of nitrogens with one attached hydrogen (secondary N) is 1. The van der Waals surface area contributed by atoms with E-state index in [1.54, 1.807) is 7.05 Å². The molecule has 1 rings (SSSR count). The SMILES string of the molecule is CCOCCNC(=NC)N(C)Cc1cc(Cl)cn1C. The zero-order valence-electron chi connectivity index (χ0n) is 12.1. The summed E-state index contributed by atoms with van der Waals surface area (Å²) >= 11 is 5.98. The van der Waals surface area contributed by atoms with Gasteiger partial charge in [-0.1, -0.05) is 11.6 Å². The fraction of sp³-hybridized carbons (Fsp3) is 0.615. The molecular formula is C13H23ClN4O. The van der Waals surface area contributed by atoms with E-state index in [2.05, 4.69) is 15.2 Å². The van der Waals surface area contributed by atoms with Crippen molar-refractivity contribution in [2.45, 2.75) is 13.5 Å². The third-order valence-electron chi connectivity index (χ3n) is 2.78. The van der Waals surface area contributed by atoms with E-state index in [-0.39, 0.29) is 0 Å². The molecule has 1 aromatic rings. The summed E-state index contributed by atoms with van der Waals surface area (Å²) in [6.45, 7) is 4.90. The second-order valence-corrected chi connectivity index (χ2v) is 4.72. The molecule has 0 unspecified atom stereocenters. The highest BCUT2D eigenvalue weighted by molar-refractivity contribution is 6.30. The van der Waals surface area contributed by atoms with E-state index in [4.69, 9.17) is 16.3 Å². The van der Waals surface area contributed by atoms with Gasteiger partial charge in [0.1, 0.15) is 0 Å². The minimum atomic E-state index is 0.680. The van der Waals surface area contributed by atoms with Crippen molar-refractivity contribution in [1.29, 1.82) is 0 Å². The minimum Gasteiger partial charge on any atom is -0.380 e. The highest BCUT2D eigenvalue weighted by Gasteiger charge is 2.09. The van der Waals surface area contributed by atoms with E-state index >= 15 is 0 Å². The monoisotopic (exact) mass is 286 g/mol. The number of hydrogen-bond donors (Lipinski definition) is 1. The third-order valence-corrected chi connectivity index (χ3v) is 2.99. The molecule has 0 saturated heterocycles. The predicted octanol–water partition coefficient (Wildman–Crippen LogP) is 1.72. The Labute approximate surface area is 120 Å². The molecule has 1 heterocycles. The average molecular weight is 287 g/mol. The molecule has 0 saturated carbocycles. The maximum absolute atomic E-state index is 5.98. The molecule has 0 aliphatic carbocycles. The van der Waals surface area contributed by atoms with Gasteiger partial charge in [-0.3, -0.25) is 4.99 Å². The molecule has 0 amide bonds. The van der Waals surface area contributed by atoms with E-state index in [0.717, 1.165) is 36.4 Å². The van der Waals surface area contributed by atoms with Gasteiger partial charge in [-0.15, -0.1) is 0 Å². The van der Waals surface area contributed by atoms with Crippen molar-refractivity contribution in [2.75, 3.05) is 33.9 Å². The highest BCUT2D eigenvalue weighted by atomic mass is 35.5. The van der Waals surface area contributed by atoms with Gasteiger partial charge in [0, 0.05) is 46.2 Å². The summed E-state index contributed by atoms with van der Waals surface area (Å²) in [5.41, 5.74) is 1.14. The molecule has 0 bridgehead atoms. The van der Waals surface area contributed by atoms with Crippen molar-refractivity contribution in [2.24, 2.45) is 12.0 Å². The highest BCUT2D eigenvalue weighted by Crippen LogP contribution is 2.14. The van der Waals surface area contributed by atoms with Gasteiger partial charge in [0.15, 0.2) is 5.96 Å². The van der Waals surface area contributed by atoms with Gasteiger partial charge in [0.25, 0.3) is 0 Å². The normalized spacial score (nSPS) is 11.7. The number of aliphatic imine (C=N–C) groups is 1. The maximum Gasteiger partial charge on any atom is 0.193 e. The number of hydrogen-bond acceptors (Lipinski definition) is 2. The first-order chi connectivity index (χ1) is 9.08. The van der Waals surface area contributed by atoms with Crippen molar-refractivity contribution in [1.82, 2.24) is 14.8 Å². The fourth-order valence-electron chi connectivity index (χ4n) is 1.81. The zero-order chi connectivity index (χ0) is 14.3. The standard InChI is InChI=1S/C13H23ClN4O/c1-5-19-7-6-16-13(15-2)18(4)10-12-8-11(14)9-17(12)3/h8-9H,5-7,10H2,1-4H3,(H,15,16). The molecule has 1 N–H and O–H groups in total. The number of aryl methyl sites for hydroxylation is 1. The Bertz CT molecular complexity index is 417. The Balaban J connectivity index is 2.50. The van der Waals surface area contributed by atoms with Crippen molar-refractivity contribution in [3.8, 4) is 0 Å². The Kier molecular flexibility index (Phi) is 6.73. The van der Waals surface area contributed by atoms with Gasteiger partial charge < -0.3 is 19.5 Å². The Morgan fingerprint density at radius 2 is 2.32 bits per heavy atom. The molecule has 108 valence electrons. The summed E-state index contributed by atoms with van der Waals surface area (Å²) in [4.78, 5) is 6.31. The number of nitrogens with zero attached hydrogens (tertiary/aromatic N) is 3. The van der Waals surface area contributed by atoms with E-state index < -0.39 is 0 Å². The van der Waals surface area contributed by atoms with Crippen LogP contribution in [0.2, 0.25) is 5.02 Å². The smallest absolute Gasteiger partial charge is 0.193 e. The molecule has 0 fully saturated rings. The van der Waals surface area contributed by atoms with E-state index in [1.807, 2.05) is 37.8 Å². The Morgan fingerprint density at radius 1 is 1.58 bits per heavy atom. The summed E-state index contributed by atoms with van der Waals surface area (Å²) in [7, 11) is 5.76. The van der Waals surface area contributed by atoms with Crippen LogP contribution in [-0.2, 0) is 18.3 Å². The van der Waals surface area contributed by atoms with Crippen LogP contribution in [0.4, 0.5) is 0 Å². The molecule has 6 heteroatoms. The summed E-state index contributed by atoms with van der Waals surface area (Å²) < 4.78 is 7.31. The van der Waals surface area contributed by atoms with Crippen LogP contribution in [0.25, 0.3) is 0 Å². The number of guanidine groups is 1. The lowest BCUT2D eigenvalue weighted by Crippen LogP contribution is -2.40. The van der Waals surface area contributed by atoms with E-state index in [0.29, 0.717) is 6.61 Å². The fourth-order valence-corrected chi connectivity index (χ4v) is 2.08. The second kappa shape index (κ2) is 8.07. The van der Waals surface area contributed by atoms with Gasteiger partial charge in [-0.2, -0.15) is 0 Å². The van der Waals surface area contributed by atoms with Crippen LogP contribution in [0.1, 0.15) is 12.6 Å². The van der Waals surface area contributed by atoms with Gasteiger partial charge in [-0.05, 0) is 13.0 Å². The first kappa shape index (κ1) is 15.9. The Morgan fingerprint density at radius 3 is 2.84 bits per heavy atom. The van der Waals surface area contributed by atoms with Crippen LogP contribution < -0.4 is 5.32 Å². The summed E-state index contributed by atoms with van der Waals surface area (Å²) in [6, 6.07) is 1.96. The van der Waals surface area contributed by atoms with Crippen LogP contribution in [0.15, 0.2) is 17.3 Å². The van der Waals surface area contributed by atoms with Crippen molar-refractivity contribution in [3.63, 3.8) is 0 Å². The van der Waals surface area contributed by atoms with Crippen LogP contribution in [0.3, 0.4) is 0 Å². The molecule has 0 atom stereocenters. The molecule has 0 spiro atoms. The Hall–Kier alpha value is -1.20. The van der Waals surface area contributed by atoms with Gasteiger partial charge >= 0.3 is 0 Å². The lowest BCUT2D eigenvalue weighted by molar-refractivity contribution is 0.152. The van der Waals surface area contributed by atoms with Crippen LogP contribution in [0.5, 0.6) is 0 Å². The summed E-state index contributed by atoms with van der Waals surface area (Å²) in [5, 5.41) is 4.01. The second-order valence-electron chi connectivity index (χ2n) is 4.29. The van der Waals surface area contributed by atoms with Crippen LogP contribution >= 0.6 is 11.6 Å². The van der Waals surface area contributed by atoms with Crippen LogP contribution in [-0.4, -0.2) is 49.3 Å². The molecule has 0 aliphatic heterocycles. The lowest BCUT2D eigenvalue weighted by atomic mass is 10.4. The summed E-state index contributed by atoms with van der Waals surface area (Å²) in [5.74, 6) is 0.844. The topological polar surface area (TPSA) is 41.8 Å². The number of rotatable bonds is 6. The first-order valence-corrected chi connectivity index (χ1v) is 6.76. The maximum atomic E-state index is 5.98. The number of aromatic nitrogens is 1. The van der Waals surface area contributed by atoms with Crippen molar-refractivity contribution >= 4 is 17.6 Å². The number of ether oxygens (including phenoxy) is 1. The van der Waals surface area contributed by atoms with Crippen molar-refractivity contribution < 1.29 is 4.74 Å². The van der Waals surface area contributed by atoms with E-state index in [1.165, 1.54) is 0 Å². The largest absolute Gasteiger partial charge is 0.380 e. The average Bonchev–Trinajstić information content (AvgIpc) is 2.68. The quantitative estimate of drug-likeness (QED) is 0.492. The first-order valence-electron chi connectivity index (χ1n) is 6.38. The molecule has 0 aliphatic rings. The number of halogens is 1. The molecular weight excluding hydrogens is 264 g/mol. The molecule has 0 aromatic carbocycles. The predicted molar refractivity (Wildman–Crippen MR) is 79.7 cm³/mol. The molecule has 5 nitrogen and oxygen atoms in total. The lowest BCUT2D eigenvalue weighted by Gasteiger charge is -2.22. The van der Waals surface area contributed by atoms with Gasteiger partial charge in [0.05, 0.1) is 18.2 Å².